The number of halogens is 1. The van der Waals surface area contributed by atoms with Crippen LogP contribution in [0, 0.1) is 29.6 Å². The highest BCUT2D eigenvalue weighted by Crippen LogP contribution is 2.29. The average molecular weight is 394 g/mol. The third-order valence-electron chi connectivity index (χ3n) is 4.16. The van der Waals surface area contributed by atoms with Crippen molar-refractivity contribution in [3.05, 3.63) is 57.9 Å². The second kappa shape index (κ2) is 8.01. The van der Waals surface area contributed by atoms with Gasteiger partial charge in [0.1, 0.15) is 40.7 Å². The van der Waals surface area contributed by atoms with Crippen molar-refractivity contribution >= 4 is 29.1 Å². The summed E-state index contributed by atoms with van der Waals surface area (Å²) in [4.78, 5) is 0. The molecule has 0 bridgehead atoms. The van der Waals surface area contributed by atoms with Crippen LogP contribution in [-0.2, 0) is 6.54 Å². The van der Waals surface area contributed by atoms with Crippen molar-refractivity contribution < 1.29 is 9.52 Å². The van der Waals surface area contributed by atoms with Crippen LogP contribution in [0.15, 0.2) is 34.7 Å². The van der Waals surface area contributed by atoms with Crippen LogP contribution < -0.4 is 5.73 Å². The highest BCUT2D eigenvalue weighted by Gasteiger charge is 2.19. The molecule has 0 atom stereocenters. The van der Waals surface area contributed by atoms with Crippen molar-refractivity contribution in [1.82, 2.24) is 9.78 Å². The molecule has 0 saturated carbocycles. The Kier molecular flexibility index (Phi) is 5.51. The van der Waals surface area contributed by atoms with Crippen molar-refractivity contribution in [2.45, 2.75) is 13.5 Å². The number of aliphatic hydroxyl groups excluding tert-OH is 1. The molecule has 0 saturated heterocycles. The SMILES string of the molecule is Cc1ccc(-c2ccc(/C=C(\C#N)c3nn(CCO)c(N)c3C#N)o2)cc1Cl. The molecule has 2 aromatic heterocycles. The smallest absolute Gasteiger partial charge is 0.140 e. The molecule has 2 heterocycles. The van der Waals surface area contributed by atoms with E-state index in [9.17, 15) is 10.5 Å². The minimum absolute atomic E-state index is 0.0818. The van der Waals surface area contributed by atoms with E-state index in [2.05, 4.69) is 5.10 Å². The summed E-state index contributed by atoms with van der Waals surface area (Å²) in [5.41, 5.74) is 8.01. The molecule has 3 aromatic rings. The largest absolute Gasteiger partial charge is 0.457 e. The highest BCUT2D eigenvalue weighted by atomic mass is 35.5. The molecule has 0 amide bonds. The first-order chi connectivity index (χ1) is 13.5. The van der Waals surface area contributed by atoms with Crippen molar-refractivity contribution in [3.63, 3.8) is 0 Å². The van der Waals surface area contributed by atoms with Gasteiger partial charge < -0.3 is 15.3 Å². The van der Waals surface area contributed by atoms with E-state index >= 15 is 0 Å². The summed E-state index contributed by atoms with van der Waals surface area (Å²) < 4.78 is 7.09. The first-order valence-corrected chi connectivity index (χ1v) is 8.72. The molecular formula is C20H16ClN5O2. The van der Waals surface area contributed by atoms with E-state index in [0.29, 0.717) is 16.5 Å². The third-order valence-corrected chi connectivity index (χ3v) is 4.57. The number of allylic oxidation sites excluding steroid dienone is 1. The summed E-state index contributed by atoms with van der Waals surface area (Å²) >= 11 is 6.17. The molecular weight excluding hydrogens is 378 g/mol. The number of aryl methyl sites for hydroxylation is 1. The van der Waals surface area contributed by atoms with Crippen LogP contribution in [0.25, 0.3) is 23.0 Å². The number of nitrogens with zero attached hydrogens (tertiary/aromatic N) is 4. The van der Waals surface area contributed by atoms with Gasteiger partial charge in [-0.05, 0) is 30.7 Å². The number of nitriles is 2. The first kappa shape index (κ1) is 19.2. The predicted octanol–water partition coefficient (Wildman–Crippen LogP) is 3.62. The van der Waals surface area contributed by atoms with E-state index in [0.717, 1.165) is 11.1 Å². The number of aromatic nitrogens is 2. The van der Waals surface area contributed by atoms with Gasteiger partial charge in [0.15, 0.2) is 0 Å². The minimum Gasteiger partial charge on any atom is -0.457 e. The van der Waals surface area contributed by atoms with E-state index in [1.165, 1.54) is 10.8 Å². The van der Waals surface area contributed by atoms with Gasteiger partial charge in [0.2, 0.25) is 0 Å². The van der Waals surface area contributed by atoms with Crippen LogP contribution in [0.5, 0.6) is 0 Å². The Morgan fingerprint density at radius 1 is 1.36 bits per heavy atom. The molecule has 3 rings (SSSR count). The van der Waals surface area contributed by atoms with Crippen molar-refractivity contribution in [3.8, 4) is 23.5 Å². The zero-order chi connectivity index (χ0) is 20.3. The summed E-state index contributed by atoms with van der Waals surface area (Å²) in [7, 11) is 0. The Labute approximate surface area is 166 Å². The molecule has 0 aliphatic carbocycles. The van der Waals surface area contributed by atoms with Crippen LogP contribution in [-0.4, -0.2) is 21.5 Å². The van der Waals surface area contributed by atoms with Crippen molar-refractivity contribution in [1.29, 1.82) is 10.5 Å². The number of rotatable bonds is 5. The first-order valence-electron chi connectivity index (χ1n) is 8.34. The molecule has 28 heavy (non-hydrogen) atoms. The fraction of sp³-hybridized carbons (Fsp3) is 0.150. The lowest BCUT2D eigenvalue weighted by atomic mass is 10.1. The summed E-state index contributed by atoms with van der Waals surface area (Å²) in [5, 5.41) is 32.8. The standard InChI is InChI=1S/C20H16ClN5O2/c1-12-2-3-13(9-17(12)21)18-5-4-15(28-18)8-14(10-22)19-16(11-23)20(24)26(25-19)6-7-27/h2-5,8-9,27H,6-7,24H2,1H3/b14-8+. The number of benzene rings is 1. The molecule has 7 nitrogen and oxygen atoms in total. The number of furan rings is 1. The van der Waals surface area contributed by atoms with Crippen LogP contribution in [0.3, 0.4) is 0 Å². The third kappa shape index (κ3) is 3.63. The molecule has 140 valence electrons. The molecule has 0 spiro atoms. The molecule has 8 heteroatoms. The van der Waals surface area contributed by atoms with Crippen molar-refractivity contribution in [2.24, 2.45) is 0 Å². The number of hydrogen-bond acceptors (Lipinski definition) is 6. The van der Waals surface area contributed by atoms with Gasteiger partial charge in [-0.1, -0.05) is 23.7 Å². The number of nitrogens with two attached hydrogens (primary N) is 1. The maximum Gasteiger partial charge on any atom is 0.140 e. The summed E-state index contributed by atoms with van der Waals surface area (Å²) in [6, 6.07) is 13.1. The van der Waals surface area contributed by atoms with Gasteiger partial charge in [0, 0.05) is 16.7 Å². The van der Waals surface area contributed by atoms with E-state index < -0.39 is 0 Å². The lowest BCUT2D eigenvalue weighted by Gasteiger charge is -2.01. The second-order valence-corrected chi connectivity index (χ2v) is 6.41. The van der Waals surface area contributed by atoms with E-state index in [1.54, 1.807) is 18.2 Å². The molecule has 0 unspecified atom stereocenters. The lowest BCUT2D eigenvalue weighted by Crippen LogP contribution is -2.07. The lowest BCUT2D eigenvalue weighted by molar-refractivity contribution is 0.270. The highest BCUT2D eigenvalue weighted by molar-refractivity contribution is 6.31. The molecule has 1 aromatic carbocycles. The van der Waals surface area contributed by atoms with Crippen LogP contribution in [0.2, 0.25) is 5.02 Å². The van der Waals surface area contributed by atoms with Gasteiger partial charge in [-0.3, -0.25) is 0 Å². The Hall–Kier alpha value is -3.52. The maximum atomic E-state index is 9.56. The Morgan fingerprint density at radius 2 is 2.14 bits per heavy atom. The number of nitrogen functional groups attached to an aromatic ring is 1. The summed E-state index contributed by atoms with van der Waals surface area (Å²) in [5.74, 6) is 1.11. The molecule has 3 N–H and O–H groups in total. The zero-order valence-electron chi connectivity index (χ0n) is 15.0. The number of aliphatic hydroxyl groups is 1. The van der Waals surface area contributed by atoms with E-state index in [1.807, 2.05) is 31.2 Å². The number of anilines is 1. The van der Waals surface area contributed by atoms with E-state index in [-0.39, 0.29) is 35.8 Å². The summed E-state index contributed by atoms with van der Waals surface area (Å²) in [6.07, 6.45) is 1.49. The fourth-order valence-electron chi connectivity index (χ4n) is 2.67. The van der Waals surface area contributed by atoms with Crippen LogP contribution >= 0.6 is 11.6 Å². The van der Waals surface area contributed by atoms with Gasteiger partial charge in [-0.2, -0.15) is 15.6 Å². The maximum absolute atomic E-state index is 9.56. The topological polar surface area (TPSA) is 125 Å². The summed E-state index contributed by atoms with van der Waals surface area (Å²) in [6.45, 7) is 1.84. The molecule has 0 aliphatic heterocycles. The molecule has 0 aliphatic rings. The average Bonchev–Trinajstić information content (AvgIpc) is 3.27. The van der Waals surface area contributed by atoms with E-state index in [4.69, 9.17) is 26.9 Å². The normalized spacial score (nSPS) is 11.2. The fourth-order valence-corrected chi connectivity index (χ4v) is 2.85. The predicted molar refractivity (Wildman–Crippen MR) is 106 cm³/mol. The Morgan fingerprint density at radius 3 is 2.79 bits per heavy atom. The van der Waals surface area contributed by atoms with Gasteiger partial charge in [0.05, 0.1) is 18.7 Å². The van der Waals surface area contributed by atoms with Gasteiger partial charge >= 0.3 is 0 Å². The quantitative estimate of drug-likeness (QED) is 0.638. The Bertz CT molecular complexity index is 1140. The van der Waals surface area contributed by atoms with Crippen LogP contribution in [0.4, 0.5) is 5.82 Å². The van der Waals surface area contributed by atoms with Crippen molar-refractivity contribution in [2.75, 3.05) is 12.3 Å². The van der Waals surface area contributed by atoms with Crippen LogP contribution in [0.1, 0.15) is 22.6 Å². The minimum atomic E-state index is -0.192. The Balaban J connectivity index is 2.00. The molecule has 0 radical (unpaired) electrons. The zero-order valence-corrected chi connectivity index (χ0v) is 15.7. The van der Waals surface area contributed by atoms with Gasteiger partial charge in [-0.25, -0.2) is 4.68 Å². The second-order valence-electron chi connectivity index (χ2n) is 6.00. The van der Waals surface area contributed by atoms with Gasteiger partial charge in [0.25, 0.3) is 0 Å². The van der Waals surface area contributed by atoms with Gasteiger partial charge in [-0.15, -0.1) is 0 Å². The molecule has 0 fully saturated rings. The monoisotopic (exact) mass is 393 g/mol. The number of hydrogen-bond donors (Lipinski definition) is 2.